The van der Waals surface area contributed by atoms with Gasteiger partial charge in [-0.2, -0.15) is 0 Å². The molecule has 1 fully saturated rings. The highest BCUT2D eigenvalue weighted by Crippen LogP contribution is 2.35. The predicted octanol–water partition coefficient (Wildman–Crippen LogP) is 4.84. The van der Waals surface area contributed by atoms with Crippen molar-refractivity contribution in [3.05, 3.63) is 26.6 Å². The Hall–Kier alpha value is -1.34. The van der Waals surface area contributed by atoms with E-state index in [2.05, 4.69) is 30.7 Å². The molecule has 0 aliphatic heterocycles. The van der Waals surface area contributed by atoms with Crippen molar-refractivity contribution in [1.82, 2.24) is 9.97 Å². The van der Waals surface area contributed by atoms with E-state index in [0.717, 1.165) is 28.1 Å². The maximum Gasteiger partial charge on any atom is 0.316 e. The van der Waals surface area contributed by atoms with Crippen LogP contribution in [-0.4, -0.2) is 27.8 Å². The topological polar surface area (TPSA) is 72.0 Å². The number of aromatic amines is 1. The van der Waals surface area contributed by atoms with Crippen LogP contribution < -0.4 is 5.56 Å². The first-order chi connectivity index (χ1) is 13.3. The molecule has 0 saturated heterocycles. The summed E-state index contributed by atoms with van der Waals surface area (Å²) < 4.78 is 5.84. The average Bonchev–Trinajstić information content (AvgIpc) is 2.89. The molecule has 0 bridgehead atoms. The molecule has 1 aliphatic carbocycles. The van der Waals surface area contributed by atoms with Gasteiger partial charge in [-0.25, -0.2) is 4.98 Å². The lowest BCUT2D eigenvalue weighted by Crippen LogP contribution is -2.36. The van der Waals surface area contributed by atoms with Crippen LogP contribution in [0.2, 0.25) is 0 Å². The fourth-order valence-corrected chi connectivity index (χ4v) is 5.77. The number of thioether (sulfide) groups is 1. The average molecular weight is 423 g/mol. The van der Waals surface area contributed by atoms with Crippen LogP contribution in [0, 0.1) is 31.6 Å². The molecular weight excluding hydrogens is 392 g/mol. The minimum atomic E-state index is -0.166. The van der Waals surface area contributed by atoms with E-state index in [9.17, 15) is 9.59 Å². The third-order valence-corrected chi connectivity index (χ3v) is 7.81. The second-order valence-corrected chi connectivity index (χ2v) is 10.5. The fraction of sp³-hybridized carbons (Fsp3) is 0.667. The molecule has 0 aromatic carbocycles. The standard InChI is InChI=1S/C21H30N2O3S2/c1-11(2)15-7-6-12(3)8-16(15)26-18(24)10-27-9-17-22-20(25)19-13(4)14(5)28-21(19)23-17/h11-12,15-16H,6-10H2,1-5H3,(H,22,23,25)/t12-,15-,16+/m1/s1. The molecule has 5 nitrogen and oxygen atoms in total. The summed E-state index contributed by atoms with van der Waals surface area (Å²) in [5.41, 5.74) is 0.902. The number of nitrogens with zero attached hydrogens (tertiary/aromatic N) is 1. The number of ether oxygens (including phenoxy) is 1. The highest BCUT2D eigenvalue weighted by molar-refractivity contribution is 7.99. The molecule has 2 aromatic heterocycles. The highest BCUT2D eigenvalue weighted by atomic mass is 32.2. The number of thiophene rings is 1. The predicted molar refractivity (Wildman–Crippen MR) is 117 cm³/mol. The Bertz CT molecular complexity index is 903. The monoisotopic (exact) mass is 422 g/mol. The number of rotatable bonds is 6. The summed E-state index contributed by atoms with van der Waals surface area (Å²) >= 11 is 2.98. The Labute approximate surface area is 174 Å². The van der Waals surface area contributed by atoms with E-state index in [1.807, 2.05) is 13.8 Å². The van der Waals surface area contributed by atoms with Gasteiger partial charge in [-0.05, 0) is 50.0 Å². The van der Waals surface area contributed by atoms with Gasteiger partial charge in [0.15, 0.2) is 0 Å². The largest absolute Gasteiger partial charge is 0.461 e. The second kappa shape index (κ2) is 8.99. The van der Waals surface area contributed by atoms with Crippen LogP contribution in [0.25, 0.3) is 10.2 Å². The lowest BCUT2D eigenvalue weighted by molar-refractivity contribution is -0.152. The van der Waals surface area contributed by atoms with Crippen LogP contribution in [0.1, 0.15) is 56.3 Å². The maximum atomic E-state index is 12.4. The zero-order valence-corrected chi connectivity index (χ0v) is 19.0. The van der Waals surface area contributed by atoms with Gasteiger partial charge in [0, 0.05) is 4.88 Å². The highest BCUT2D eigenvalue weighted by Gasteiger charge is 2.33. The number of hydrogen-bond acceptors (Lipinski definition) is 6. The van der Waals surface area contributed by atoms with Gasteiger partial charge in [-0.3, -0.25) is 9.59 Å². The van der Waals surface area contributed by atoms with Crippen molar-refractivity contribution in [2.45, 2.75) is 65.7 Å². The minimum Gasteiger partial charge on any atom is -0.461 e. The summed E-state index contributed by atoms with van der Waals surface area (Å²) in [4.78, 5) is 34.0. The zero-order valence-electron chi connectivity index (χ0n) is 17.3. The number of carbonyl (C=O) groups excluding carboxylic acids is 1. The first kappa shape index (κ1) is 21.4. The van der Waals surface area contributed by atoms with E-state index in [1.54, 1.807) is 11.3 Å². The van der Waals surface area contributed by atoms with Gasteiger partial charge >= 0.3 is 5.97 Å². The van der Waals surface area contributed by atoms with Gasteiger partial charge in [0.1, 0.15) is 16.8 Å². The molecule has 3 rings (SSSR count). The zero-order chi connectivity index (χ0) is 20.4. The Balaban J connectivity index is 1.56. The fourth-order valence-electron chi connectivity index (χ4n) is 4.05. The van der Waals surface area contributed by atoms with Gasteiger partial charge in [0.05, 0.1) is 16.9 Å². The molecule has 0 amide bonds. The lowest BCUT2D eigenvalue weighted by atomic mass is 9.75. The molecule has 2 heterocycles. The Kier molecular flexibility index (Phi) is 6.86. The minimum absolute atomic E-state index is 0.0307. The Morgan fingerprint density at radius 2 is 2.11 bits per heavy atom. The lowest BCUT2D eigenvalue weighted by Gasteiger charge is -2.36. The van der Waals surface area contributed by atoms with Crippen LogP contribution in [0.5, 0.6) is 0 Å². The number of aromatic nitrogens is 2. The molecule has 0 radical (unpaired) electrons. The third-order valence-electron chi connectivity index (χ3n) is 5.79. The van der Waals surface area contributed by atoms with Gasteiger partial charge < -0.3 is 9.72 Å². The summed E-state index contributed by atoms with van der Waals surface area (Å²) in [5, 5.41) is 0.682. The molecule has 0 spiro atoms. The SMILES string of the molecule is Cc1sc2nc(CSCC(=O)O[C@H]3C[C@H](C)CC[C@@H]3C(C)C)[nH]c(=O)c2c1C. The molecule has 7 heteroatoms. The van der Waals surface area contributed by atoms with Crippen molar-refractivity contribution in [2.75, 3.05) is 5.75 Å². The molecule has 1 saturated carbocycles. The van der Waals surface area contributed by atoms with Gasteiger partial charge in [-0.1, -0.05) is 27.2 Å². The van der Waals surface area contributed by atoms with Crippen LogP contribution >= 0.6 is 23.1 Å². The molecular formula is C21H30N2O3S2. The van der Waals surface area contributed by atoms with Crippen molar-refractivity contribution in [3.8, 4) is 0 Å². The van der Waals surface area contributed by atoms with Crippen molar-refractivity contribution >= 4 is 39.3 Å². The summed E-state index contributed by atoms with van der Waals surface area (Å²) in [6, 6.07) is 0. The molecule has 154 valence electrons. The summed E-state index contributed by atoms with van der Waals surface area (Å²) in [7, 11) is 0. The van der Waals surface area contributed by atoms with Gasteiger partial charge in [0.25, 0.3) is 5.56 Å². The van der Waals surface area contributed by atoms with Gasteiger partial charge in [0.2, 0.25) is 0 Å². The summed E-state index contributed by atoms with van der Waals surface area (Å²) in [6.45, 7) is 10.6. The van der Waals surface area contributed by atoms with E-state index in [4.69, 9.17) is 4.74 Å². The van der Waals surface area contributed by atoms with E-state index < -0.39 is 0 Å². The second-order valence-electron chi connectivity index (χ2n) is 8.32. The van der Waals surface area contributed by atoms with E-state index in [-0.39, 0.29) is 23.4 Å². The van der Waals surface area contributed by atoms with Crippen molar-refractivity contribution in [1.29, 1.82) is 0 Å². The quantitative estimate of drug-likeness (QED) is 0.675. The molecule has 2 aromatic rings. The number of nitrogens with one attached hydrogen (secondary N) is 1. The molecule has 1 aliphatic rings. The maximum absolute atomic E-state index is 12.4. The Morgan fingerprint density at radius 1 is 1.36 bits per heavy atom. The molecule has 1 N–H and O–H groups in total. The first-order valence-corrected chi connectivity index (χ1v) is 12.0. The molecule has 28 heavy (non-hydrogen) atoms. The number of esters is 1. The summed E-state index contributed by atoms with van der Waals surface area (Å²) in [5.74, 6) is 2.81. The van der Waals surface area contributed by atoms with Crippen LogP contribution in [0.3, 0.4) is 0 Å². The smallest absolute Gasteiger partial charge is 0.316 e. The van der Waals surface area contributed by atoms with E-state index in [1.165, 1.54) is 18.2 Å². The van der Waals surface area contributed by atoms with E-state index in [0.29, 0.717) is 34.7 Å². The number of hydrogen-bond donors (Lipinski definition) is 1. The van der Waals surface area contributed by atoms with Crippen molar-refractivity contribution in [3.63, 3.8) is 0 Å². The van der Waals surface area contributed by atoms with Crippen LogP contribution in [-0.2, 0) is 15.3 Å². The van der Waals surface area contributed by atoms with E-state index >= 15 is 0 Å². The number of fused-ring (bicyclic) bond motifs is 1. The Morgan fingerprint density at radius 3 is 2.82 bits per heavy atom. The van der Waals surface area contributed by atoms with Crippen molar-refractivity contribution < 1.29 is 9.53 Å². The van der Waals surface area contributed by atoms with Crippen LogP contribution in [0.4, 0.5) is 0 Å². The molecule has 3 atom stereocenters. The third kappa shape index (κ3) is 4.79. The molecule has 0 unspecified atom stereocenters. The normalized spacial score (nSPS) is 22.7. The number of carbonyl (C=O) groups is 1. The van der Waals surface area contributed by atoms with Gasteiger partial charge in [-0.15, -0.1) is 23.1 Å². The number of H-pyrrole nitrogens is 1. The first-order valence-electron chi connectivity index (χ1n) is 10.0. The van der Waals surface area contributed by atoms with Crippen LogP contribution in [0.15, 0.2) is 4.79 Å². The summed E-state index contributed by atoms with van der Waals surface area (Å²) in [6.07, 6.45) is 3.34. The number of aryl methyl sites for hydroxylation is 2. The van der Waals surface area contributed by atoms with Crippen molar-refractivity contribution in [2.24, 2.45) is 17.8 Å².